The van der Waals surface area contributed by atoms with Crippen LogP contribution in [0.4, 0.5) is 0 Å². The van der Waals surface area contributed by atoms with Gasteiger partial charge in [-0.05, 0) is 50.5 Å². The van der Waals surface area contributed by atoms with E-state index in [9.17, 15) is 4.79 Å². The van der Waals surface area contributed by atoms with Crippen molar-refractivity contribution in [3.8, 4) is 0 Å². The van der Waals surface area contributed by atoms with Gasteiger partial charge in [-0.2, -0.15) is 4.98 Å². The Bertz CT molecular complexity index is 1080. The Labute approximate surface area is 178 Å². The molecule has 1 saturated carbocycles. The molecule has 0 unspecified atom stereocenters. The standard InChI is InChI=1S/C21H26N4O2S2/c1-2-7-16-22-17(27-24-16)12-28-21-23-19-18(14-10-5-6-11-15(14)29-19)20(26)25(21)13-8-3-4-9-13/h13H,2-12H2,1H3. The van der Waals surface area contributed by atoms with Crippen LogP contribution in [0.5, 0.6) is 0 Å². The van der Waals surface area contributed by atoms with E-state index in [0.717, 1.165) is 59.7 Å². The second-order valence-corrected chi connectivity index (χ2v) is 10.1. The highest BCUT2D eigenvalue weighted by atomic mass is 32.2. The molecule has 29 heavy (non-hydrogen) atoms. The molecule has 0 aliphatic heterocycles. The minimum absolute atomic E-state index is 0.168. The molecule has 3 heterocycles. The van der Waals surface area contributed by atoms with E-state index in [2.05, 4.69) is 17.1 Å². The van der Waals surface area contributed by atoms with Crippen molar-refractivity contribution in [1.82, 2.24) is 19.7 Å². The van der Waals surface area contributed by atoms with Crippen molar-refractivity contribution in [1.29, 1.82) is 0 Å². The van der Waals surface area contributed by atoms with Crippen molar-refractivity contribution in [3.05, 3.63) is 32.5 Å². The number of hydrogen-bond donors (Lipinski definition) is 0. The van der Waals surface area contributed by atoms with Gasteiger partial charge in [-0.25, -0.2) is 4.98 Å². The van der Waals surface area contributed by atoms with E-state index in [4.69, 9.17) is 9.51 Å². The van der Waals surface area contributed by atoms with Gasteiger partial charge in [0.1, 0.15) is 4.83 Å². The van der Waals surface area contributed by atoms with Crippen molar-refractivity contribution in [3.63, 3.8) is 0 Å². The molecule has 0 atom stereocenters. The summed E-state index contributed by atoms with van der Waals surface area (Å²) in [5.41, 5.74) is 1.44. The zero-order chi connectivity index (χ0) is 19.8. The van der Waals surface area contributed by atoms with Crippen LogP contribution in [-0.2, 0) is 25.0 Å². The molecule has 0 radical (unpaired) electrons. The number of hydrogen-bond acceptors (Lipinski definition) is 7. The molecule has 0 aromatic carbocycles. The molecule has 0 bridgehead atoms. The number of thiophene rings is 1. The second kappa shape index (κ2) is 8.22. The fourth-order valence-electron chi connectivity index (χ4n) is 4.59. The van der Waals surface area contributed by atoms with Crippen molar-refractivity contribution >= 4 is 33.3 Å². The molecule has 0 N–H and O–H groups in total. The predicted molar refractivity (Wildman–Crippen MR) is 116 cm³/mol. The lowest BCUT2D eigenvalue weighted by atomic mass is 9.97. The van der Waals surface area contributed by atoms with E-state index < -0.39 is 0 Å². The van der Waals surface area contributed by atoms with Crippen molar-refractivity contribution < 1.29 is 4.52 Å². The fraction of sp³-hybridized carbons (Fsp3) is 0.619. The number of nitrogens with zero attached hydrogens (tertiary/aromatic N) is 4. The molecular formula is C21H26N4O2S2. The summed E-state index contributed by atoms with van der Waals surface area (Å²) < 4.78 is 7.38. The van der Waals surface area contributed by atoms with Crippen molar-refractivity contribution in [2.24, 2.45) is 0 Å². The first-order valence-corrected chi connectivity index (χ1v) is 12.6. The average molecular weight is 431 g/mol. The average Bonchev–Trinajstić information content (AvgIpc) is 3.46. The third kappa shape index (κ3) is 3.65. The van der Waals surface area contributed by atoms with Gasteiger partial charge in [0.15, 0.2) is 11.0 Å². The number of aromatic nitrogens is 4. The Kier molecular flexibility index (Phi) is 5.47. The molecule has 0 spiro atoms. The van der Waals surface area contributed by atoms with E-state index in [1.54, 1.807) is 23.1 Å². The van der Waals surface area contributed by atoms with Gasteiger partial charge < -0.3 is 4.52 Å². The zero-order valence-electron chi connectivity index (χ0n) is 16.8. The quantitative estimate of drug-likeness (QED) is 0.401. The fourth-order valence-corrected chi connectivity index (χ4v) is 6.79. The van der Waals surface area contributed by atoms with E-state index in [1.807, 2.05) is 4.57 Å². The van der Waals surface area contributed by atoms with Crippen molar-refractivity contribution in [2.45, 2.75) is 88.1 Å². The topological polar surface area (TPSA) is 73.8 Å². The highest BCUT2D eigenvalue weighted by molar-refractivity contribution is 7.98. The maximum Gasteiger partial charge on any atom is 0.263 e. The van der Waals surface area contributed by atoms with Gasteiger partial charge in [0.25, 0.3) is 5.56 Å². The number of thioether (sulfide) groups is 1. The third-order valence-electron chi connectivity index (χ3n) is 5.99. The van der Waals surface area contributed by atoms with Gasteiger partial charge in [-0.15, -0.1) is 11.3 Å². The maximum absolute atomic E-state index is 13.6. The predicted octanol–water partition coefficient (Wildman–Crippen LogP) is 5.08. The molecule has 3 aromatic rings. The van der Waals surface area contributed by atoms with Gasteiger partial charge in [-0.1, -0.05) is 36.7 Å². The van der Waals surface area contributed by atoms with Crippen LogP contribution in [0.15, 0.2) is 14.5 Å². The maximum atomic E-state index is 13.6. The first-order valence-electron chi connectivity index (χ1n) is 10.8. The molecule has 2 aliphatic rings. The molecular weight excluding hydrogens is 404 g/mol. The highest BCUT2D eigenvalue weighted by Crippen LogP contribution is 2.37. The van der Waals surface area contributed by atoms with Crippen molar-refractivity contribution in [2.75, 3.05) is 0 Å². The summed E-state index contributed by atoms with van der Waals surface area (Å²) in [6.07, 6.45) is 10.8. The summed E-state index contributed by atoms with van der Waals surface area (Å²) in [5.74, 6) is 1.91. The lowest BCUT2D eigenvalue weighted by Crippen LogP contribution is -2.26. The largest absolute Gasteiger partial charge is 0.338 e. The summed E-state index contributed by atoms with van der Waals surface area (Å²) in [6, 6.07) is 0.263. The third-order valence-corrected chi connectivity index (χ3v) is 8.11. The highest BCUT2D eigenvalue weighted by Gasteiger charge is 2.27. The normalized spacial score (nSPS) is 17.3. The lowest BCUT2D eigenvalue weighted by molar-refractivity contribution is 0.384. The van der Waals surface area contributed by atoms with E-state index in [1.165, 1.54) is 36.1 Å². The lowest BCUT2D eigenvalue weighted by Gasteiger charge is -2.18. The Morgan fingerprint density at radius 2 is 2.00 bits per heavy atom. The van der Waals surface area contributed by atoms with Crippen LogP contribution in [0, 0.1) is 0 Å². The summed E-state index contributed by atoms with van der Waals surface area (Å²) in [4.78, 5) is 25.4. The van der Waals surface area contributed by atoms with Gasteiger partial charge in [-0.3, -0.25) is 9.36 Å². The van der Waals surface area contributed by atoms with Crippen LogP contribution >= 0.6 is 23.1 Å². The van der Waals surface area contributed by atoms with Gasteiger partial charge >= 0.3 is 0 Å². The SMILES string of the molecule is CCCc1noc(CSc2nc3sc4c(c3c(=O)n2C2CCCC2)CCCC4)n1. The molecule has 154 valence electrons. The van der Waals surface area contributed by atoms with Crippen LogP contribution in [-0.4, -0.2) is 19.7 Å². The minimum atomic E-state index is 0.168. The summed E-state index contributed by atoms with van der Waals surface area (Å²) in [6.45, 7) is 2.10. The van der Waals surface area contributed by atoms with E-state index >= 15 is 0 Å². The smallest absolute Gasteiger partial charge is 0.263 e. The Hall–Kier alpha value is -1.67. The van der Waals surface area contributed by atoms with Crippen LogP contribution < -0.4 is 5.56 Å². The van der Waals surface area contributed by atoms with Crippen LogP contribution in [0.2, 0.25) is 0 Å². The van der Waals surface area contributed by atoms with Crippen LogP contribution in [0.3, 0.4) is 0 Å². The van der Waals surface area contributed by atoms with Gasteiger partial charge in [0.2, 0.25) is 5.89 Å². The summed E-state index contributed by atoms with van der Waals surface area (Å²) >= 11 is 3.28. The summed E-state index contributed by atoms with van der Waals surface area (Å²) in [5, 5.41) is 5.74. The number of rotatable bonds is 6. The summed E-state index contributed by atoms with van der Waals surface area (Å²) in [7, 11) is 0. The Morgan fingerprint density at radius 1 is 1.17 bits per heavy atom. The number of aryl methyl sites for hydroxylation is 3. The molecule has 1 fully saturated rings. The van der Waals surface area contributed by atoms with E-state index in [0.29, 0.717) is 11.6 Å². The van der Waals surface area contributed by atoms with Crippen LogP contribution in [0.25, 0.3) is 10.2 Å². The molecule has 0 amide bonds. The Morgan fingerprint density at radius 3 is 2.83 bits per heavy atom. The van der Waals surface area contributed by atoms with Gasteiger partial charge in [0, 0.05) is 17.3 Å². The molecule has 6 nitrogen and oxygen atoms in total. The molecule has 5 rings (SSSR count). The molecule has 3 aromatic heterocycles. The monoisotopic (exact) mass is 430 g/mol. The molecule has 0 saturated heterocycles. The molecule has 2 aliphatic carbocycles. The second-order valence-electron chi connectivity index (χ2n) is 8.04. The zero-order valence-corrected chi connectivity index (χ0v) is 18.4. The first-order chi connectivity index (χ1) is 14.2. The minimum Gasteiger partial charge on any atom is -0.338 e. The Balaban J connectivity index is 1.53. The van der Waals surface area contributed by atoms with Crippen LogP contribution in [0.1, 0.15) is 80.1 Å². The number of fused-ring (bicyclic) bond motifs is 3. The molecule has 8 heteroatoms. The van der Waals surface area contributed by atoms with Gasteiger partial charge in [0.05, 0.1) is 11.1 Å². The van der Waals surface area contributed by atoms with E-state index in [-0.39, 0.29) is 11.6 Å². The first kappa shape index (κ1) is 19.3.